The van der Waals surface area contributed by atoms with E-state index in [4.69, 9.17) is 0 Å². The molecule has 2 unspecified atom stereocenters. The van der Waals surface area contributed by atoms with Crippen molar-refractivity contribution in [1.82, 2.24) is 0 Å². The van der Waals surface area contributed by atoms with Crippen LogP contribution in [0.4, 0.5) is 0 Å². The first kappa shape index (κ1) is 20.4. The Balaban J connectivity index is 0.00000242. The van der Waals surface area contributed by atoms with Crippen molar-refractivity contribution in [3.05, 3.63) is 45.6 Å². The molecular weight excluding hydrogens is 383 g/mol. The van der Waals surface area contributed by atoms with Crippen molar-refractivity contribution in [2.45, 2.75) is 58.3 Å². The summed E-state index contributed by atoms with van der Waals surface area (Å²) in [5.74, 6) is 0.920. The molecule has 0 heterocycles. The molecule has 121 valence electrons. The van der Waals surface area contributed by atoms with Gasteiger partial charge in [0.15, 0.2) is 0 Å². The second-order valence-electron chi connectivity index (χ2n) is 7.25. The van der Waals surface area contributed by atoms with Crippen molar-refractivity contribution in [2.24, 2.45) is 11.8 Å². The maximum Gasteiger partial charge on any atom is -1.00 e. The molecule has 2 aliphatic rings. The van der Waals surface area contributed by atoms with E-state index in [1.54, 1.807) is 33.4 Å². The molecule has 0 aromatic rings. The Morgan fingerprint density at radius 1 is 0.864 bits per heavy atom. The molecular formula is C19H30ClSiZr. The first-order valence-corrected chi connectivity index (χ1v) is 16.8. The van der Waals surface area contributed by atoms with Gasteiger partial charge in [-0.1, -0.05) is 0 Å². The van der Waals surface area contributed by atoms with Crippen LogP contribution in [0.1, 0.15) is 41.5 Å². The predicted molar refractivity (Wildman–Crippen MR) is 93.9 cm³/mol. The van der Waals surface area contributed by atoms with Crippen molar-refractivity contribution < 1.29 is 34.8 Å². The summed E-state index contributed by atoms with van der Waals surface area (Å²) in [6, 6.07) is 0. The summed E-state index contributed by atoms with van der Waals surface area (Å²) in [7, 11) is 0. The van der Waals surface area contributed by atoms with Gasteiger partial charge >= 0.3 is 144 Å². The molecule has 0 fully saturated rings. The zero-order chi connectivity index (χ0) is 15.9. The topological polar surface area (TPSA) is 0 Å². The van der Waals surface area contributed by atoms with Gasteiger partial charge in [0.2, 0.25) is 0 Å². The van der Waals surface area contributed by atoms with Gasteiger partial charge in [0.05, 0.1) is 0 Å². The van der Waals surface area contributed by atoms with Crippen LogP contribution in [-0.2, 0) is 22.4 Å². The summed E-state index contributed by atoms with van der Waals surface area (Å²) in [5, 5.41) is 0. The van der Waals surface area contributed by atoms with Gasteiger partial charge < -0.3 is 12.4 Å². The molecule has 0 N–H and O–H groups in total. The summed E-state index contributed by atoms with van der Waals surface area (Å²) in [4.78, 5) is 0. The fourth-order valence-electron chi connectivity index (χ4n) is 3.91. The minimum absolute atomic E-state index is 0. The predicted octanol–water partition coefficient (Wildman–Crippen LogP) is 2.67. The molecule has 0 bridgehead atoms. The van der Waals surface area contributed by atoms with E-state index >= 15 is 0 Å². The summed E-state index contributed by atoms with van der Waals surface area (Å²) in [5.41, 5.74) is 9.90. The third kappa shape index (κ3) is 3.87. The Labute approximate surface area is 155 Å². The van der Waals surface area contributed by atoms with Crippen LogP contribution in [-0.4, -0.2) is 5.92 Å². The number of hydrogen-bond acceptors (Lipinski definition) is 0. The molecule has 22 heavy (non-hydrogen) atoms. The van der Waals surface area contributed by atoms with Crippen LogP contribution in [0, 0.1) is 11.8 Å². The minimum Gasteiger partial charge on any atom is -1.00 e. The van der Waals surface area contributed by atoms with E-state index in [0.29, 0.717) is 11.8 Å². The first-order chi connectivity index (χ1) is 9.73. The van der Waals surface area contributed by atoms with Crippen LogP contribution in [0.5, 0.6) is 0 Å². The van der Waals surface area contributed by atoms with Crippen molar-refractivity contribution in [3.8, 4) is 0 Å². The zero-order valence-electron chi connectivity index (χ0n) is 15.3. The minimum atomic E-state index is -0.435. The Morgan fingerprint density at radius 2 is 1.23 bits per heavy atom. The monoisotopic (exact) mass is 411 g/mol. The quantitative estimate of drug-likeness (QED) is 0.622. The Hall–Kier alpha value is 0.350. The van der Waals surface area contributed by atoms with E-state index in [9.17, 15) is 0 Å². The number of halogens is 1. The summed E-state index contributed by atoms with van der Waals surface area (Å²) in [6.45, 7) is 19.4. The summed E-state index contributed by atoms with van der Waals surface area (Å²) < 4.78 is 0.854. The molecule has 0 aliphatic heterocycles. The molecule has 0 spiro atoms. The van der Waals surface area contributed by atoms with Crippen LogP contribution >= 0.6 is 0 Å². The van der Waals surface area contributed by atoms with Gasteiger partial charge in [-0.2, -0.15) is 0 Å². The number of hydrogen-bond donors (Lipinski definition) is 0. The van der Waals surface area contributed by atoms with Crippen molar-refractivity contribution in [2.75, 3.05) is 0 Å². The first-order valence-electron chi connectivity index (χ1n) is 8.27. The second-order valence-corrected chi connectivity index (χ2v) is 22.3. The molecule has 2 aliphatic carbocycles. The van der Waals surface area contributed by atoms with Gasteiger partial charge in [0.1, 0.15) is 0 Å². The molecule has 0 saturated carbocycles. The van der Waals surface area contributed by atoms with Crippen molar-refractivity contribution in [1.29, 1.82) is 0 Å². The standard InChI is InChI=1S/C17H23.C2H7Si.ClH.Zr/c1-10-7-12(3)16(14(10)5)9-17-13(4)8-11(2)15(17)6;1-3-2;;/h7-9,14-15H,1-6H3;3H,1-2H3;1H;/q;;;+1/p-1. The number of rotatable bonds is 4. The molecule has 0 aromatic carbocycles. The van der Waals surface area contributed by atoms with Crippen LogP contribution in [0.3, 0.4) is 0 Å². The summed E-state index contributed by atoms with van der Waals surface area (Å²) in [6.07, 6.45) is 4.90. The average molecular weight is 413 g/mol. The molecule has 0 radical (unpaired) electrons. The van der Waals surface area contributed by atoms with Crippen molar-refractivity contribution in [3.63, 3.8) is 0 Å². The fraction of sp³-hybridized carbons (Fsp3) is 0.579. The Bertz CT molecular complexity index is 520. The second kappa shape index (κ2) is 7.95. The SMILES string of the molecule is CC1=CC(C)=C([CH]([Zr+][SiH](C)C)C2=C(C)C=C(C)C2C)C1C.[Cl-]. The third-order valence-corrected chi connectivity index (χ3v) is 15.1. The van der Waals surface area contributed by atoms with Gasteiger partial charge in [0, 0.05) is 0 Å². The molecule has 2 atom stereocenters. The summed E-state index contributed by atoms with van der Waals surface area (Å²) >= 11 is -0.335. The normalized spacial score (nSPS) is 26.0. The maximum absolute atomic E-state index is 2.57. The van der Waals surface area contributed by atoms with E-state index in [2.05, 4.69) is 66.8 Å². The van der Waals surface area contributed by atoms with Crippen LogP contribution in [0.15, 0.2) is 45.6 Å². The molecule has 0 nitrogen and oxygen atoms in total. The molecule has 0 aromatic heterocycles. The van der Waals surface area contributed by atoms with E-state index in [-0.39, 0.29) is 34.8 Å². The number of allylic oxidation sites excluding steroid dienone is 8. The Kier molecular flexibility index (Phi) is 7.37. The molecule has 2 rings (SSSR count). The molecule has 3 heteroatoms. The van der Waals surface area contributed by atoms with Crippen LogP contribution in [0.25, 0.3) is 0 Å². The largest absolute Gasteiger partial charge is 1.00 e. The van der Waals surface area contributed by atoms with Crippen LogP contribution < -0.4 is 12.4 Å². The molecule has 0 saturated heterocycles. The van der Waals surface area contributed by atoms with Gasteiger partial charge in [-0.25, -0.2) is 0 Å². The zero-order valence-corrected chi connectivity index (χ0v) is 19.7. The van der Waals surface area contributed by atoms with E-state index in [1.807, 2.05) is 0 Å². The third-order valence-electron chi connectivity index (χ3n) is 5.22. The fourth-order valence-corrected chi connectivity index (χ4v) is 14.8. The van der Waals surface area contributed by atoms with Gasteiger partial charge in [-0.05, 0) is 0 Å². The van der Waals surface area contributed by atoms with E-state index in [1.165, 1.54) is 0 Å². The average Bonchev–Trinajstić information content (AvgIpc) is 2.75. The Morgan fingerprint density at radius 3 is 1.45 bits per heavy atom. The smallest absolute Gasteiger partial charge is 1.00 e. The van der Waals surface area contributed by atoms with Gasteiger partial charge in [0.25, 0.3) is 0 Å². The van der Waals surface area contributed by atoms with Crippen molar-refractivity contribution >= 4 is 5.92 Å². The van der Waals surface area contributed by atoms with Crippen LogP contribution in [0.2, 0.25) is 16.7 Å². The maximum atomic E-state index is 2.57. The van der Waals surface area contributed by atoms with Gasteiger partial charge in [-0.15, -0.1) is 0 Å². The van der Waals surface area contributed by atoms with E-state index in [0.717, 1.165) is 3.63 Å². The van der Waals surface area contributed by atoms with Gasteiger partial charge in [-0.3, -0.25) is 0 Å². The molecule has 0 amide bonds. The van der Waals surface area contributed by atoms with E-state index < -0.39 is 5.92 Å².